The van der Waals surface area contributed by atoms with Crippen molar-refractivity contribution in [2.45, 2.75) is 115 Å². The molecule has 1 N–H and O–H groups in total. The van der Waals surface area contributed by atoms with Crippen LogP contribution in [-0.2, 0) is 85.7 Å². The maximum atomic E-state index is 12.4. The van der Waals surface area contributed by atoms with Crippen molar-refractivity contribution in [1.82, 2.24) is 0 Å². The van der Waals surface area contributed by atoms with Crippen LogP contribution in [0.15, 0.2) is 0 Å². The minimum atomic E-state index is -1.80. The highest BCUT2D eigenvalue weighted by Crippen LogP contribution is 2.38. The smallest absolute Gasteiger partial charge is 0.304 e. The van der Waals surface area contributed by atoms with E-state index in [1.807, 2.05) is 0 Å². The largest absolute Gasteiger partial charge is 0.481 e. The molecule has 0 aromatic rings. The van der Waals surface area contributed by atoms with Crippen molar-refractivity contribution < 1.29 is 90.8 Å². The molecule has 2 aliphatic rings. The van der Waals surface area contributed by atoms with Crippen molar-refractivity contribution in [3.63, 3.8) is 0 Å². The Morgan fingerprint density at radius 2 is 0.939 bits per heavy atom. The van der Waals surface area contributed by atoms with Gasteiger partial charge in [-0.05, 0) is 0 Å². The fourth-order valence-electron chi connectivity index (χ4n) is 4.87. The molecule has 0 aromatic carbocycles. The van der Waals surface area contributed by atoms with Gasteiger partial charge in [0.2, 0.25) is 0 Å². The molecule has 2 saturated heterocycles. The number of aliphatic carboxylic acids is 1. The second kappa shape index (κ2) is 19.2. The van der Waals surface area contributed by atoms with Gasteiger partial charge >= 0.3 is 47.8 Å². The summed E-state index contributed by atoms with van der Waals surface area (Å²) < 4.78 is 55.9. The molecule has 0 bridgehead atoms. The van der Waals surface area contributed by atoms with Gasteiger partial charge in [0.15, 0.2) is 36.8 Å². The summed E-state index contributed by atoms with van der Waals surface area (Å²) in [4.78, 5) is 96.0. The molecule has 0 radical (unpaired) electrons. The SMILES string of the molecule is CC(=O)OC[C@H]1O[C@@H](O[C@H]2[C@H](OC(C)=O)[C@@H](OC(C)=O)[C@H](SCCC(=O)O)O[C@@H]2COC(C)=O)[C@H](OC(C)=O)[C@@H](OC(C)=O)[C@H]1OC(C)=O. The van der Waals surface area contributed by atoms with Gasteiger partial charge in [-0.25, -0.2) is 0 Å². The average Bonchev–Trinajstić information content (AvgIpc) is 2.95. The van der Waals surface area contributed by atoms with Crippen LogP contribution in [0, 0.1) is 0 Å². The third-order valence-corrected chi connectivity index (χ3v) is 7.63. The molecule has 19 nitrogen and oxygen atoms in total. The van der Waals surface area contributed by atoms with E-state index in [-0.39, 0.29) is 12.2 Å². The van der Waals surface area contributed by atoms with Crippen LogP contribution >= 0.6 is 11.8 Å². The van der Waals surface area contributed by atoms with Crippen LogP contribution in [-0.4, -0.2) is 132 Å². The summed E-state index contributed by atoms with van der Waals surface area (Å²) in [6.07, 6.45) is -14.3. The molecule has 2 rings (SSSR count). The molecule has 0 amide bonds. The highest BCUT2D eigenvalue weighted by atomic mass is 32.2. The van der Waals surface area contributed by atoms with Gasteiger partial charge in [-0.3, -0.25) is 38.4 Å². The first kappa shape index (κ1) is 41.2. The second-order valence-corrected chi connectivity index (χ2v) is 11.9. The van der Waals surface area contributed by atoms with E-state index in [1.54, 1.807) is 0 Å². The lowest BCUT2D eigenvalue weighted by atomic mass is 9.96. The normalized spacial score (nSPS) is 29.4. The zero-order valence-corrected chi connectivity index (χ0v) is 28.6. The summed E-state index contributed by atoms with van der Waals surface area (Å²) >= 11 is 0.902. The third-order valence-electron chi connectivity index (χ3n) is 6.48. The highest BCUT2D eigenvalue weighted by molar-refractivity contribution is 7.99. The van der Waals surface area contributed by atoms with Crippen molar-refractivity contribution in [3.8, 4) is 0 Å². The molecule has 2 aliphatic heterocycles. The van der Waals surface area contributed by atoms with Crippen molar-refractivity contribution in [2.24, 2.45) is 0 Å². The quantitative estimate of drug-likeness (QED) is 0.170. The number of carbonyl (C=O) groups excluding carboxylic acids is 7. The number of ether oxygens (including phenoxy) is 10. The summed E-state index contributed by atoms with van der Waals surface area (Å²) in [6.45, 7) is 6.23. The first-order chi connectivity index (χ1) is 22.9. The Bertz CT molecular complexity index is 1240. The lowest BCUT2D eigenvalue weighted by Gasteiger charge is -2.48. The fraction of sp³-hybridized carbons (Fsp3) is 0.724. The van der Waals surface area contributed by atoms with E-state index >= 15 is 0 Å². The Morgan fingerprint density at radius 1 is 0.531 bits per heavy atom. The topological polar surface area (TPSA) is 249 Å². The zero-order chi connectivity index (χ0) is 37.0. The number of thioether (sulfide) groups is 1. The number of rotatable bonds is 15. The van der Waals surface area contributed by atoms with E-state index in [4.69, 9.17) is 52.5 Å². The standard InChI is InChI=1S/C29H40O19S/c1-12(30)39-10-19-22(41-14(3)32)24(42-15(4)33)26(44-17(6)35)28(46-19)48-23-20(11-40-13(2)31)47-29(49-9-8-21(37)38)27(45-18(7)36)25(23)43-16(5)34/h19-20,22-29H,8-11H2,1-7H3,(H,37,38)/t19-,20-,22+,23-,24+,25+,26-,27-,28+,29+/m1/s1. The Hall–Kier alpha value is -4.01. The number of carboxylic acid groups (broad SMARTS) is 1. The Balaban J connectivity index is 2.71. The molecule has 20 heteroatoms. The molecule has 2 heterocycles. The molecular formula is C29H40O19S. The summed E-state index contributed by atoms with van der Waals surface area (Å²) in [7, 11) is 0. The number of esters is 7. The predicted octanol–water partition coefficient (Wildman–Crippen LogP) is -0.186. The first-order valence-corrected chi connectivity index (χ1v) is 15.9. The van der Waals surface area contributed by atoms with Gasteiger partial charge < -0.3 is 52.5 Å². The van der Waals surface area contributed by atoms with E-state index < -0.39 is 122 Å². The molecule has 0 saturated carbocycles. The van der Waals surface area contributed by atoms with Gasteiger partial charge in [0, 0.05) is 54.2 Å². The van der Waals surface area contributed by atoms with Crippen molar-refractivity contribution >= 4 is 59.5 Å². The minimum absolute atomic E-state index is 0.0456. The van der Waals surface area contributed by atoms with Crippen molar-refractivity contribution in [3.05, 3.63) is 0 Å². The summed E-state index contributed by atoms with van der Waals surface area (Å²) in [5.74, 6) is -7.14. The number of hydrogen-bond donors (Lipinski definition) is 1. The number of hydrogen-bond acceptors (Lipinski definition) is 19. The zero-order valence-electron chi connectivity index (χ0n) is 27.8. The maximum absolute atomic E-state index is 12.4. The van der Waals surface area contributed by atoms with Crippen LogP contribution in [0.2, 0.25) is 0 Å². The van der Waals surface area contributed by atoms with Crippen LogP contribution in [0.5, 0.6) is 0 Å². The van der Waals surface area contributed by atoms with E-state index in [1.165, 1.54) is 0 Å². The Kier molecular flexibility index (Phi) is 16.2. The first-order valence-electron chi connectivity index (χ1n) is 14.8. The van der Waals surface area contributed by atoms with E-state index in [0.29, 0.717) is 0 Å². The average molecular weight is 725 g/mol. The predicted molar refractivity (Wildman–Crippen MR) is 158 cm³/mol. The van der Waals surface area contributed by atoms with Gasteiger partial charge in [0.25, 0.3) is 0 Å². The number of carboxylic acids is 1. The molecule has 0 aromatic heterocycles. The van der Waals surface area contributed by atoms with Crippen LogP contribution in [0.3, 0.4) is 0 Å². The van der Waals surface area contributed by atoms with Crippen LogP contribution in [0.1, 0.15) is 54.9 Å². The van der Waals surface area contributed by atoms with Crippen LogP contribution in [0.25, 0.3) is 0 Å². The summed E-state index contributed by atoms with van der Waals surface area (Å²) in [5.41, 5.74) is -1.19. The van der Waals surface area contributed by atoms with Crippen LogP contribution in [0.4, 0.5) is 0 Å². The highest BCUT2D eigenvalue weighted by Gasteiger charge is 2.57. The van der Waals surface area contributed by atoms with Crippen molar-refractivity contribution in [1.29, 1.82) is 0 Å². The summed E-state index contributed by atoms with van der Waals surface area (Å²) in [5, 5.41) is 9.14. The Morgan fingerprint density at radius 3 is 1.39 bits per heavy atom. The van der Waals surface area contributed by atoms with Gasteiger partial charge in [-0.2, -0.15) is 0 Å². The van der Waals surface area contributed by atoms with Gasteiger partial charge in [0.05, 0.1) is 6.42 Å². The molecule has 0 aliphatic carbocycles. The minimum Gasteiger partial charge on any atom is -0.481 e. The second-order valence-electron chi connectivity index (χ2n) is 10.7. The third kappa shape index (κ3) is 13.4. The number of carbonyl (C=O) groups is 8. The molecule has 2 fully saturated rings. The molecule has 0 unspecified atom stereocenters. The van der Waals surface area contributed by atoms with Gasteiger partial charge in [-0.15, -0.1) is 11.8 Å². The molecule has 10 atom stereocenters. The lowest BCUT2D eigenvalue weighted by molar-refractivity contribution is -0.341. The molecule has 276 valence electrons. The van der Waals surface area contributed by atoms with E-state index in [0.717, 1.165) is 60.2 Å². The molecule has 0 spiro atoms. The Labute approximate surface area is 284 Å². The lowest BCUT2D eigenvalue weighted by Crippen LogP contribution is -2.66. The van der Waals surface area contributed by atoms with Gasteiger partial charge in [-0.1, -0.05) is 0 Å². The van der Waals surface area contributed by atoms with E-state index in [9.17, 15) is 38.4 Å². The summed E-state index contributed by atoms with van der Waals surface area (Å²) in [6, 6.07) is 0. The monoisotopic (exact) mass is 724 g/mol. The molecule has 49 heavy (non-hydrogen) atoms. The van der Waals surface area contributed by atoms with Crippen LogP contribution < -0.4 is 0 Å². The maximum Gasteiger partial charge on any atom is 0.304 e. The molecular weight excluding hydrogens is 684 g/mol. The van der Waals surface area contributed by atoms with Gasteiger partial charge in [0.1, 0.15) is 37.0 Å². The fourth-order valence-corrected chi connectivity index (χ4v) is 6.02. The van der Waals surface area contributed by atoms with E-state index in [2.05, 4.69) is 0 Å². The van der Waals surface area contributed by atoms with Crippen molar-refractivity contribution in [2.75, 3.05) is 19.0 Å².